The van der Waals surface area contributed by atoms with Crippen LogP contribution < -0.4 is 20.9 Å². The molecule has 32 heavy (non-hydrogen) atoms. The highest BCUT2D eigenvalue weighted by molar-refractivity contribution is 6.04. The quantitative estimate of drug-likeness (QED) is 0.526. The van der Waals surface area contributed by atoms with Crippen LogP contribution in [0.25, 0.3) is 0 Å². The van der Waals surface area contributed by atoms with E-state index in [1.807, 2.05) is 6.07 Å². The Hall–Kier alpha value is -3.20. The lowest BCUT2D eigenvalue weighted by molar-refractivity contribution is 0.0949. The highest BCUT2D eigenvalue weighted by Gasteiger charge is 2.20. The van der Waals surface area contributed by atoms with Crippen LogP contribution in [0.15, 0.2) is 36.4 Å². The molecule has 1 heterocycles. The van der Waals surface area contributed by atoms with Gasteiger partial charge in [-0.05, 0) is 56.0 Å². The number of hydrogen-bond acceptors (Lipinski definition) is 4. The maximum atomic E-state index is 13.8. The van der Waals surface area contributed by atoms with Gasteiger partial charge in [0.15, 0.2) is 0 Å². The van der Waals surface area contributed by atoms with Crippen LogP contribution in [0.2, 0.25) is 0 Å². The van der Waals surface area contributed by atoms with Crippen molar-refractivity contribution in [2.24, 2.45) is 0 Å². The fourth-order valence-corrected chi connectivity index (χ4v) is 3.60. The maximum absolute atomic E-state index is 13.8. The molecule has 1 fully saturated rings. The van der Waals surface area contributed by atoms with Gasteiger partial charge in [-0.25, -0.2) is 13.6 Å². The number of carbonyl (C=O) groups excluding carboxylic acids is 2. The van der Waals surface area contributed by atoms with Crippen LogP contribution in [0, 0.1) is 11.6 Å². The van der Waals surface area contributed by atoms with Crippen molar-refractivity contribution >= 4 is 29.0 Å². The summed E-state index contributed by atoms with van der Waals surface area (Å²) in [5.41, 5.74) is 1.50. The molecule has 9 heteroatoms. The summed E-state index contributed by atoms with van der Waals surface area (Å²) in [4.78, 5) is 27.4. The van der Waals surface area contributed by atoms with Crippen molar-refractivity contribution in [2.45, 2.75) is 25.7 Å². The maximum Gasteiger partial charge on any atom is 0.323 e. The number of methoxy groups -OCH3 is 1. The molecule has 172 valence electrons. The Morgan fingerprint density at radius 2 is 1.81 bits per heavy atom. The van der Waals surface area contributed by atoms with Crippen molar-refractivity contribution < 1.29 is 23.1 Å². The summed E-state index contributed by atoms with van der Waals surface area (Å²) in [6.45, 7) is 2.73. The number of anilines is 3. The van der Waals surface area contributed by atoms with Gasteiger partial charge in [0.2, 0.25) is 0 Å². The molecule has 7 nitrogen and oxygen atoms in total. The Labute approximate surface area is 186 Å². The number of amides is 3. The van der Waals surface area contributed by atoms with E-state index in [-0.39, 0.29) is 11.6 Å². The van der Waals surface area contributed by atoms with E-state index in [4.69, 9.17) is 4.74 Å². The molecule has 1 aliphatic heterocycles. The predicted octanol–water partition coefficient (Wildman–Crippen LogP) is 4.37. The number of hydrogen-bond donors (Lipinski definition) is 3. The van der Waals surface area contributed by atoms with Crippen molar-refractivity contribution in [3.63, 3.8) is 0 Å². The first-order valence-electron chi connectivity index (χ1n) is 10.7. The van der Waals surface area contributed by atoms with Gasteiger partial charge in [-0.15, -0.1) is 0 Å². The first-order valence-corrected chi connectivity index (χ1v) is 10.7. The van der Waals surface area contributed by atoms with Crippen LogP contribution in [0.5, 0.6) is 0 Å². The second-order valence-corrected chi connectivity index (χ2v) is 7.59. The lowest BCUT2D eigenvalue weighted by atomic mass is 10.1. The SMILES string of the molecule is COCCCNC(=O)c1cc(NC(=O)Nc2ccc(F)cc2F)ccc1N1CCCCC1. The van der Waals surface area contributed by atoms with Gasteiger partial charge in [-0.2, -0.15) is 0 Å². The van der Waals surface area contributed by atoms with Crippen LogP contribution >= 0.6 is 0 Å². The number of urea groups is 1. The minimum atomic E-state index is -0.878. The normalized spacial score (nSPS) is 13.5. The van der Waals surface area contributed by atoms with Gasteiger partial charge in [0, 0.05) is 50.8 Å². The van der Waals surface area contributed by atoms with E-state index in [0.29, 0.717) is 36.9 Å². The van der Waals surface area contributed by atoms with Crippen LogP contribution in [0.1, 0.15) is 36.0 Å². The standard InChI is InChI=1S/C23H28F2N4O3/c1-32-13-5-10-26-22(30)18-15-17(7-9-21(18)29-11-3-2-4-12-29)27-23(31)28-20-8-6-16(24)14-19(20)25/h6-9,14-15H,2-5,10-13H2,1H3,(H,26,30)(H2,27,28,31). The zero-order chi connectivity index (χ0) is 22.9. The molecule has 1 aliphatic rings. The van der Waals surface area contributed by atoms with Gasteiger partial charge < -0.3 is 25.6 Å². The molecule has 0 saturated carbocycles. The molecule has 0 aliphatic carbocycles. The molecular weight excluding hydrogens is 418 g/mol. The summed E-state index contributed by atoms with van der Waals surface area (Å²) < 4.78 is 31.9. The van der Waals surface area contributed by atoms with Crippen LogP contribution in [-0.2, 0) is 4.74 Å². The highest BCUT2D eigenvalue weighted by atomic mass is 19.1. The fraction of sp³-hybridized carbons (Fsp3) is 0.391. The number of nitrogens with one attached hydrogen (secondary N) is 3. The Morgan fingerprint density at radius 3 is 2.53 bits per heavy atom. The molecule has 1 saturated heterocycles. The van der Waals surface area contributed by atoms with E-state index in [1.165, 1.54) is 0 Å². The largest absolute Gasteiger partial charge is 0.385 e. The molecule has 0 atom stereocenters. The molecule has 0 bridgehead atoms. The molecule has 0 radical (unpaired) electrons. The Kier molecular flexibility index (Phi) is 8.38. The average Bonchev–Trinajstić information content (AvgIpc) is 2.79. The van der Waals surface area contributed by atoms with Gasteiger partial charge in [-0.3, -0.25) is 4.79 Å². The van der Waals surface area contributed by atoms with Crippen molar-refractivity contribution in [3.05, 3.63) is 53.6 Å². The molecular formula is C23H28F2N4O3. The topological polar surface area (TPSA) is 82.7 Å². The lowest BCUT2D eigenvalue weighted by Gasteiger charge is -2.30. The van der Waals surface area contributed by atoms with E-state index in [1.54, 1.807) is 19.2 Å². The number of halogens is 2. The third-order valence-corrected chi connectivity index (χ3v) is 5.19. The smallest absolute Gasteiger partial charge is 0.323 e. The van der Waals surface area contributed by atoms with E-state index >= 15 is 0 Å². The van der Waals surface area contributed by atoms with Gasteiger partial charge in [0.25, 0.3) is 5.91 Å². The average molecular weight is 446 g/mol. The number of piperidine rings is 1. The molecule has 0 aromatic heterocycles. The second-order valence-electron chi connectivity index (χ2n) is 7.59. The number of rotatable bonds is 8. The summed E-state index contributed by atoms with van der Waals surface area (Å²) in [7, 11) is 1.61. The van der Waals surface area contributed by atoms with Gasteiger partial charge in [0.05, 0.1) is 11.3 Å². The van der Waals surface area contributed by atoms with Crippen LogP contribution in [0.4, 0.5) is 30.6 Å². The Morgan fingerprint density at radius 1 is 1.03 bits per heavy atom. The van der Waals surface area contributed by atoms with Gasteiger partial charge in [0.1, 0.15) is 11.6 Å². The van der Waals surface area contributed by atoms with Crippen LogP contribution in [-0.4, -0.2) is 45.3 Å². The zero-order valence-electron chi connectivity index (χ0n) is 18.0. The first-order chi connectivity index (χ1) is 15.5. The molecule has 0 unspecified atom stereocenters. The molecule has 3 N–H and O–H groups in total. The zero-order valence-corrected chi connectivity index (χ0v) is 18.0. The van der Waals surface area contributed by atoms with Gasteiger partial charge in [-0.1, -0.05) is 0 Å². The second kappa shape index (κ2) is 11.4. The van der Waals surface area contributed by atoms with Crippen molar-refractivity contribution in [3.8, 4) is 0 Å². The van der Waals surface area contributed by atoms with E-state index in [0.717, 1.165) is 50.2 Å². The minimum Gasteiger partial charge on any atom is -0.385 e. The minimum absolute atomic E-state index is 0.148. The lowest BCUT2D eigenvalue weighted by Crippen LogP contribution is -2.33. The van der Waals surface area contributed by atoms with E-state index < -0.39 is 17.7 Å². The Balaban J connectivity index is 1.75. The first kappa shape index (κ1) is 23.5. The number of nitrogens with zero attached hydrogens (tertiary/aromatic N) is 1. The molecule has 3 amide bonds. The molecule has 3 rings (SSSR count). The van der Waals surface area contributed by atoms with Gasteiger partial charge >= 0.3 is 6.03 Å². The van der Waals surface area contributed by atoms with Crippen molar-refractivity contribution in [2.75, 3.05) is 48.9 Å². The summed E-state index contributed by atoms with van der Waals surface area (Å²) in [5.74, 6) is -1.85. The summed E-state index contributed by atoms with van der Waals surface area (Å²) in [6.07, 6.45) is 3.96. The monoisotopic (exact) mass is 446 g/mol. The summed E-state index contributed by atoms with van der Waals surface area (Å²) in [6, 6.07) is 7.30. The highest BCUT2D eigenvalue weighted by Crippen LogP contribution is 2.27. The van der Waals surface area contributed by atoms with Crippen molar-refractivity contribution in [1.82, 2.24) is 5.32 Å². The predicted molar refractivity (Wildman–Crippen MR) is 120 cm³/mol. The Bertz CT molecular complexity index is 949. The van der Waals surface area contributed by atoms with Crippen LogP contribution in [0.3, 0.4) is 0 Å². The molecule has 0 spiro atoms. The third-order valence-electron chi connectivity index (χ3n) is 5.19. The summed E-state index contributed by atoms with van der Waals surface area (Å²) in [5, 5.41) is 7.84. The molecule has 2 aromatic carbocycles. The molecule has 2 aromatic rings. The summed E-state index contributed by atoms with van der Waals surface area (Å²) >= 11 is 0. The number of benzene rings is 2. The van der Waals surface area contributed by atoms with E-state index in [2.05, 4.69) is 20.9 Å². The fourth-order valence-electron chi connectivity index (χ4n) is 3.60. The van der Waals surface area contributed by atoms with Crippen molar-refractivity contribution in [1.29, 1.82) is 0 Å². The third kappa shape index (κ3) is 6.40. The number of carbonyl (C=O) groups is 2. The van der Waals surface area contributed by atoms with E-state index in [9.17, 15) is 18.4 Å². The number of ether oxygens (including phenoxy) is 1.